The number of allylic oxidation sites excluding steroid dienone is 1. The lowest BCUT2D eigenvalue weighted by Crippen LogP contribution is -2.40. The zero-order valence-corrected chi connectivity index (χ0v) is 36.5. The van der Waals surface area contributed by atoms with Gasteiger partial charge in [0.25, 0.3) is 5.91 Å². The Morgan fingerprint density at radius 1 is 1.02 bits per heavy atom. The van der Waals surface area contributed by atoms with Crippen LogP contribution in [0.1, 0.15) is 102 Å². The number of amides is 1. The molecular weight excluding hydrogens is 823 g/mol. The highest BCUT2D eigenvalue weighted by molar-refractivity contribution is 5.97. The number of hydrogen-bond acceptors (Lipinski definition) is 8. The topological polar surface area (TPSA) is 156 Å². The number of carbonyl (C=O) groups is 1. The Kier molecular flexibility index (Phi) is 8.91. The molecule has 0 bridgehead atoms. The number of aromatic amines is 1. The van der Waals surface area contributed by atoms with Gasteiger partial charge in [0.2, 0.25) is 0 Å². The van der Waals surface area contributed by atoms with Crippen LogP contribution in [0.4, 0.5) is 8.78 Å². The number of carbonyl (C=O) groups excluding carboxylic acids is 1. The fourth-order valence-corrected chi connectivity index (χ4v) is 10.8. The van der Waals surface area contributed by atoms with E-state index in [1.54, 1.807) is 60.7 Å². The smallest absolute Gasteiger partial charge is 0.376 e. The third-order valence-corrected chi connectivity index (χ3v) is 14.2. The summed E-state index contributed by atoms with van der Waals surface area (Å²) < 4.78 is 50.3. The molecule has 64 heavy (non-hydrogen) atoms. The molecule has 7 aromatic rings. The van der Waals surface area contributed by atoms with E-state index in [9.17, 15) is 9.59 Å². The lowest BCUT2D eigenvalue weighted by molar-refractivity contribution is -0.0792. The van der Waals surface area contributed by atoms with Gasteiger partial charge in [0.05, 0.1) is 56.8 Å². The van der Waals surface area contributed by atoms with Gasteiger partial charge in [-0.25, -0.2) is 23.1 Å². The molecular formula is C47H48F2N10O5. The van der Waals surface area contributed by atoms with Crippen molar-refractivity contribution in [2.75, 3.05) is 13.2 Å². The maximum Gasteiger partial charge on any atom is 0.438 e. The Hall–Kier alpha value is -6.62. The van der Waals surface area contributed by atoms with E-state index in [2.05, 4.69) is 45.9 Å². The molecule has 11 rings (SSSR count). The fourth-order valence-electron chi connectivity index (χ4n) is 10.8. The molecule has 4 aliphatic rings. The normalized spacial score (nSPS) is 21.1. The quantitative estimate of drug-likeness (QED) is 0.184. The number of H-pyrrole nitrogens is 1. The highest BCUT2D eigenvalue weighted by atomic mass is 19.1. The molecule has 1 aliphatic carbocycles. The van der Waals surface area contributed by atoms with Crippen molar-refractivity contribution < 1.29 is 22.8 Å². The summed E-state index contributed by atoms with van der Waals surface area (Å²) in [4.78, 5) is 47.1. The van der Waals surface area contributed by atoms with Gasteiger partial charge in [0.1, 0.15) is 11.6 Å². The van der Waals surface area contributed by atoms with E-state index in [1.807, 2.05) is 17.9 Å². The minimum absolute atomic E-state index is 0.0481. The molecule has 0 spiro atoms. The van der Waals surface area contributed by atoms with Crippen LogP contribution in [-0.2, 0) is 30.0 Å². The second kappa shape index (κ2) is 14.2. The minimum Gasteiger partial charge on any atom is -0.376 e. The van der Waals surface area contributed by atoms with Crippen molar-refractivity contribution in [2.24, 2.45) is 18.9 Å². The van der Waals surface area contributed by atoms with E-state index in [0.29, 0.717) is 89.1 Å². The molecule has 1 unspecified atom stereocenters. The van der Waals surface area contributed by atoms with Crippen LogP contribution in [0, 0.1) is 37.3 Å². The lowest BCUT2D eigenvalue weighted by atomic mass is 9.77. The summed E-state index contributed by atoms with van der Waals surface area (Å²) in [5.74, 6) is -0.408. The number of nitrogens with zero attached hydrogens (tertiary/aromatic N) is 9. The predicted octanol–water partition coefficient (Wildman–Crippen LogP) is 6.76. The van der Waals surface area contributed by atoms with Gasteiger partial charge < -0.3 is 14.2 Å². The Balaban J connectivity index is 1.03. The third-order valence-electron chi connectivity index (χ3n) is 14.2. The largest absolute Gasteiger partial charge is 0.438 e. The Morgan fingerprint density at radius 3 is 2.50 bits per heavy atom. The van der Waals surface area contributed by atoms with Crippen LogP contribution in [0.3, 0.4) is 0 Å². The number of halogens is 2. The third kappa shape index (κ3) is 6.06. The molecule has 2 fully saturated rings. The molecule has 2 aromatic carbocycles. The van der Waals surface area contributed by atoms with Crippen molar-refractivity contribution in [1.29, 1.82) is 0 Å². The summed E-state index contributed by atoms with van der Waals surface area (Å²) in [6.45, 7) is 10.6. The summed E-state index contributed by atoms with van der Waals surface area (Å²) in [7, 11) is 1.72. The second-order valence-corrected chi connectivity index (χ2v) is 18.7. The number of rotatable bonds is 7. The maximum atomic E-state index is 16.1. The zero-order valence-electron chi connectivity index (χ0n) is 36.5. The van der Waals surface area contributed by atoms with Crippen LogP contribution in [0.2, 0.25) is 0 Å². The summed E-state index contributed by atoms with van der Waals surface area (Å²) in [5, 5.41) is 13.7. The van der Waals surface area contributed by atoms with Crippen LogP contribution >= 0.6 is 0 Å². The molecule has 0 radical (unpaired) electrons. The van der Waals surface area contributed by atoms with E-state index < -0.39 is 28.7 Å². The average Bonchev–Trinajstić information content (AvgIpc) is 3.72. The van der Waals surface area contributed by atoms with E-state index in [0.717, 1.165) is 30.7 Å². The Bertz CT molecular complexity index is 3200. The molecule has 1 saturated heterocycles. The van der Waals surface area contributed by atoms with E-state index in [1.165, 1.54) is 21.5 Å². The van der Waals surface area contributed by atoms with Gasteiger partial charge in [0, 0.05) is 62.2 Å². The highest BCUT2D eigenvalue weighted by Gasteiger charge is 2.54. The average molecular weight is 871 g/mol. The number of fused-ring (bicyclic) bond motifs is 3. The van der Waals surface area contributed by atoms with E-state index in [-0.39, 0.29) is 34.3 Å². The molecule has 1 amide bonds. The number of nitrogens with one attached hydrogen (secondary N) is 1. The molecule has 1 N–H and O–H groups in total. The molecule has 3 aliphatic heterocycles. The maximum absolute atomic E-state index is 16.1. The molecule has 330 valence electrons. The molecule has 15 nitrogen and oxygen atoms in total. The van der Waals surface area contributed by atoms with Crippen LogP contribution in [0.15, 0.2) is 69.1 Å². The van der Waals surface area contributed by atoms with Gasteiger partial charge in [-0.3, -0.25) is 28.1 Å². The Labute approximate surface area is 365 Å². The summed E-state index contributed by atoms with van der Waals surface area (Å²) in [6.07, 6.45) is 13.1. The van der Waals surface area contributed by atoms with Crippen LogP contribution in [0.25, 0.3) is 34.3 Å². The number of benzene rings is 2. The van der Waals surface area contributed by atoms with Gasteiger partial charge in [-0.05, 0) is 120 Å². The van der Waals surface area contributed by atoms with Crippen molar-refractivity contribution in [2.45, 2.75) is 90.2 Å². The molecule has 1 saturated carbocycles. The number of hydrogen-bond donors (Lipinski definition) is 1. The standard InChI is InChI=1S/C47H48F2N10O5/c1-25-19-31(20-26(2)38(25)48)59-41(58-17-16-57(45(58)62)36-8-7-35-33(39(36)49)24-50-54(35)6)37-27(3)55(15-10-34(37)52-59)42(60)32-22-30-21-28(29-11-18-63-46(4,5)23-29)9-14-56(30)40(32)47(12-13-47)43-51-44(61)64-53-43/h7-9,14,16-17,19-20,22,24,27-29H,10-13,15,18,21,23H2,1-6H3,(H,51,53,61)/t27-,28?,29+/m0/s1. The van der Waals surface area contributed by atoms with Gasteiger partial charge in [-0.2, -0.15) is 10.2 Å². The first kappa shape index (κ1) is 40.2. The van der Waals surface area contributed by atoms with E-state index >= 15 is 13.6 Å². The predicted molar refractivity (Wildman–Crippen MR) is 232 cm³/mol. The summed E-state index contributed by atoms with van der Waals surface area (Å²) in [5.41, 5.74) is 4.01. The van der Waals surface area contributed by atoms with Crippen LogP contribution < -0.4 is 11.4 Å². The highest BCUT2D eigenvalue weighted by Crippen LogP contribution is 2.55. The van der Waals surface area contributed by atoms with Crippen molar-refractivity contribution in [1.82, 2.24) is 48.3 Å². The lowest BCUT2D eigenvalue weighted by Gasteiger charge is -2.39. The Morgan fingerprint density at radius 2 is 1.78 bits per heavy atom. The van der Waals surface area contributed by atoms with Crippen molar-refractivity contribution in [3.8, 4) is 17.2 Å². The number of aryl methyl sites for hydroxylation is 3. The molecule has 3 atom stereocenters. The molecule has 8 heterocycles. The van der Waals surface area contributed by atoms with Crippen molar-refractivity contribution in [3.63, 3.8) is 0 Å². The van der Waals surface area contributed by atoms with E-state index in [4.69, 9.17) is 14.4 Å². The number of ether oxygens (including phenoxy) is 1. The summed E-state index contributed by atoms with van der Waals surface area (Å²) >= 11 is 0. The first-order chi connectivity index (χ1) is 30.6. The molecule has 17 heteroatoms. The van der Waals surface area contributed by atoms with Gasteiger partial charge >= 0.3 is 11.4 Å². The molecule has 5 aromatic heterocycles. The van der Waals surface area contributed by atoms with Crippen LogP contribution in [-0.4, -0.2) is 73.0 Å². The number of imidazole rings is 1. The summed E-state index contributed by atoms with van der Waals surface area (Å²) in [6, 6.07) is 8.02. The van der Waals surface area contributed by atoms with Gasteiger partial charge in [-0.15, -0.1) is 0 Å². The minimum atomic E-state index is -0.740. The van der Waals surface area contributed by atoms with Gasteiger partial charge in [0.15, 0.2) is 11.6 Å². The fraction of sp³-hybridized carbons (Fsp3) is 0.404. The SMILES string of the molecule is Cc1cc(-n2nc3c(c2-n2ccn(-c4ccc5c(cnn5C)c4F)c2=O)[C@H](C)N(C(=O)c2cc4n(c2C2(c5noc(=O)[nH]5)CC2)C=CC([C@@H]2CCOC(C)(C)C2)C4)CC3)cc(C)c1F. The zero-order chi connectivity index (χ0) is 44.6. The first-order valence-corrected chi connectivity index (χ1v) is 21.9. The number of aromatic nitrogens is 9. The van der Waals surface area contributed by atoms with Crippen LogP contribution in [0.5, 0.6) is 0 Å². The van der Waals surface area contributed by atoms with Crippen molar-refractivity contribution in [3.05, 3.63) is 133 Å². The first-order valence-electron chi connectivity index (χ1n) is 21.9. The van der Waals surface area contributed by atoms with Crippen molar-refractivity contribution >= 4 is 23.0 Å². The van der Waals surface area contributed by atoms with Gasteiger partial charge in [-0.1, -0.05) is 11.2 Å². The second-order valence-electron chi connectivity index (χ2n) is 18.7. The monoisotopic (exact) mass is 870 g/mol.